The summed E-state index contributed by atoms with van der Waals surface area (Å²) in [6.07, 6.45) is -0.667. The highest BCUT2D eigenvalue weighted by atomic mass is 16.5. The van der Waals surface area contributed by atoms with Crippen molar-refractivity contribution in [1.29, 1.82) is 0 Å². The first-order chi connectivity index (χ1) is 12.5. The Labute approximate surface area is 152 Å². The lowest BCUT2D eigenvalue weighted by atomic mass is 10.1. The zero-order chi connectivity index (χ0) is 18.5. The molecule has 0 aliphatic heterocycles. The SMILES string of the molecule is C/C(=N\NC(=O)[C@@H](C)Oc1ccc2ccccc2c1)c1ccc(N)cc1. The molecule has 0 aliphatic carbocycles. The maximum absolute atomic E-state index is 12.2. The van der Waals surface area contributed by atoms with E-state index >= 15 is 0 Å². The molecule has 0 radical (unpaired) electrons. The van der Waals surface area contributed by atoms with Crippen LogP contribution in [0.1, 0.15) is 19.4 Å². The zero-order valence-electron chi connectivity index (χ0n) is 14.8. The standard InChI is InChI=1S/C21H21N3O2/c1-14(16-7-10-19(22)11-8-16)23-24-21(25)15(2)26-20-12-9-17-5-3-4-6-18(17)13-20/h3-13,15H,22H2,1-2H3,(H,24,25)/b23-14+/t15-/m1/s1. The van der Waals surface area contributed by atoms with Crippen molar-refractivity contribution < 1.29 is 9.53 Å². The molecule has 132 valence electrons. The number of nitrogens with two attached hydrogens (primary N) is 1. The van der Waals surface area contributed by atoms with E-state index in [4.69, 9.17) is 10.5 Å². The molecular formula is C21H21N3O2. The molecule has 0 saturated heterocycles. The minimum Gasteiger partial charge on any atom is -0.481 e. The largest absolute Gasteiger partial charge is 0.481 e. The molecule has 0 bridgehead atoms. The van der Waals surface area contributed by atoms with E-state index in [-0.39, 0.29) is 5.91 Å². The molecule has 0 aliphatic rings. The van der Waals surface area contributed by atoms with Gasteiger partial charge in [0.15, 0.2) is 6.10 Å². The summed E-state index contributed by atoms with van der Waals surface area (Å²) in [5.41, 5.74) is 10.5. The van der Waals surface area contributed by atoms with Gasteiger partial charge in [-0.25, -0.2) is 5.43 Å². The Balaban J connectivity index is 1.63. The van der Waals surface area contributed by atoms with Crippen LogP contribution in [-0.2, 0) is 4.79 Å². The van der Waals surface area contributed by atoms with E-state index < -0.39 is 6.10 Å². The average Bonchev–Trinajstić information content (AvgIpc) is 2.66. The number of nitrogens with zero attached hydrogens (tertiary/aromatic N) is 1. The van der Waals surface area contributed by atoms with Crippen LogP contribution >= 0.6 is 0 Å². The lowest BCUT2D eigenvalue weighted by Gasteiger charge is -2.14. The number of nitrogens with one attached hydrogen (secondary N) is 1. The molecule has 3 aromatic rings. The second-order valence-corrected chi connectivity index (χ2v) is 6.06. The van der Waals surface area contributed by atoms with Gasteiger partial charge in [0.1, 0.15) is 5.75 Å². The zero-order valence-corrected chi connectivity index (χ0v) is 14.8. The van der Waals surface area contributed by atoms with Gasteiger partial charge in [0.25, 0.3) is 5.91 Å². The van der Waals surface area contributed by atoms with Crippen molar-refractivity contribution >= 4 is 28.1 Å². The Bertz CT molecular complexity index is 949. The predicted octanol–water partition coefficient (Wildman–Crippen LogP) is 3.73. The van der Waals surface area contributed by atoms with Gasteiger partial charge in [-0.3, -0.25) is 4.79 Å². The van der Waals surface area contributed by atoms with Crippen molar-refractivity contribution in [2.45, 2.75) is 20.0 Å². The molecule has 3 N–H and O–H groups in total. The van der Waals surface area contributed by atoms with Gasteiger partial charge >= 0.3 is 0 Å². The van der Waals surface area contributed by atoms with Gasteiger partial charge in [-0.1, -0.05) is 42.5 Å². The van der Waals surface area contributed by atoms with Crippen molar-refractivity contribution in [3.63, 3.8) is 0 Å². The Kier molecular flexibility index (Phi) is 5.17. The first-order valence-electron chi connectivity index (χ1n) is 8.38. The van der Waals surface area contributed by atoms with Crippen molar-refractivity contribution in [1.82, 2.24) is 5.43 Å². The molecule has 0 unspecified atom stereocenters. The minimum absolute atomic E-state index is 0.312. The predicted molar refractivity (Wildman–Crippen MR) is 105 cm³/mol. The summed E-state index contributed by atoms with van der Waals surface area (Å²) in [5, 5.41) is 6.32. The molecule has 1 amide bonds. The summed E-state index contributed by atoms with van der Waals surface area (Å²) in [5.74, 6) is 0.332. The molecule has 26 heavy (non-hydrogen) atoms. The summed E-state index contributed by atoms with van der Waals surface area (Å²) in [4.78, 5) is 12.2. The monoisotopic (exact) mass is 347 g/mol. The fourth-order valence-electron chi connectivity index (χ4n) is 2.52. The van der Waals surface area contributed by atoms with Gasteiger partial charge in [0, 0.05) is 5.69 Å². The number of carbonyl (C=O) groups excluding carboxylic acids is 1. The number of hydrazone groups is 1. The maximum Gasteiger partial charge on any atom is 0.280 e. The van der Waals surface area contributed by atoms with E-state index in [9.17, 15) is 4.79 Å². The summed E-state index contributed by atoms with van der Waals surface area (Å²) in [6, 6.07) is 21.0. The smallest absolute Gasteiger partial charge is 0.280 e. The molecule has 3 aromatic carbocycles. The molecule has 0 saturated carbocycles. The molecule has 1 atom stereocenters. The van der Waals surface area contributed by atoms with E-state index in [2.05, 4.69) is 10.5 Å². The van der Waals surface area contributed by atoms with Crippen LogP contribution < -0.4 is 15.9 Å². The van der Waals surface area contributed by atoms with Crippen molar-refractivity contribution in [2.75, 3.05) is 5.73 Å². The number of rotatable bonds is 5. The second kappa shape index (κ2) is 7.70. The number of hydrogen-bond acceptors (Lipinski definition) is 4. The average molecular weight is 347 g/mol. The third kappa shape index (κ3) is 4.19. The second-order valence-electron chi connectivity index (χ2n) is 6.06. The highest BCUT2D eigenvalue weighted by molar-refractivity contribution is 5.99. The van der Waals surface area contributed by atoms with E-state index in [1.54, 1.807) is 19.1 Å². The summed E-state index contributed by atoms with van der Waals surface area (Å²) < 4.78 is 5.74. The highest BCUT2D eigenvalue weighted by Crippen LogP contribution is 2.21. The normalized spacial score (nSPS) is 12.6. The Morgan fingerprint density at radius 2 is 1.73 bits per heavy atom. The van der Waals surface area contributed by atoms with Gasteiger partial charge in [-0.05, 0) is 54.4 Å². The number of carbonyl (C=O) groups is 1. The van der Waals surface area contributed by atoms with Crippen molar-refractivity contribution in [2.24, 2.45) is 5.10 Å². The number of anilines is 1. The van der Waals surface area contributed by atoms with Gasteiger partial charge in [0.2, 0.25) is 0 Å². The molecule has 5 nitrogen and oxygen atoms in total. The third-order valence-corrected chi connectivity index (χ3v) is 4.07. The Morgan fingerprint density at radius 1 is 1.04 bits per heavy atom. The van der Waals surface area contributed by atoms with Crippen LogP contribution in [0, 0.1) is 0 Å². The number of nitrogen functional groups attached to an aromatic ring is 1. The third-order valence-electron chi connectivity index (χ3n) is 4.07. The van der Waals surface area contributed by atoms with Gasteiger partial charge < -0.3 is 10.5 Å². The van der Waals surface area contributed by atoms with Gasteiger partial charge in [-0.15, -0.1) is 0 Å². The summed E-state index contributed by atoms with van der Waals surface area (Å²) in [7, 11) is 0. The molecular weight excluding hydrogens is 326 g/mol. The van der Waals surface area contributed by atoms with Crippen LogP contribution in [0.15, 0.2) is 71.8 Å². The first-order valence-corrected chi connectivity index (χ1v) is 8.38. The molecule has 0 fully saturated rings. The van der Waals surface area contributed by atoms with Crippen LogP contribution in [0.3, 0.4) is 0 Å². The molecule has 5 heteroatoms. The van der Waals surface area contributed by atoms with Crippen LogP contribution in [0.5, 0.6) is 5.75 Å². The van der Waals surface area contributed by atoms with E-state index in [1.807, 2.05) is 61.5 Å². The quantitative estimate of drug-likeness (QED) is 0.419. The number of ether oxygens (including phenoxy) is 1. The van der Waals surface area contributed by atoms with Gasteiger partial charge in [0.05, 0.1) is 5.71 Å². The molecule has 3 rings (SSSR count). The summed E-state index contributed by atoms with van der Waals surface area (Å²) in [6.45, 7) is 3.51. The Hall–Kier alpha value is -3.34. The fraction of sp³-hybridized carbons (Fsp3) is 0.143. The number of amides is 1. The van der Waals surface area contributed by atoms with E-state index in [1.165, 1.54) is 0 Å². The lowest BCUT2D eigenvalue weighted by Crippen LogP contribution is -2.33. The number of hydrogen-bond donors (Lipinski definition) is 2. The van der Waals surface area contributed by atoms with E-state index in [0.717, 1.165) is 16.3 Å². The highest BCUT2D eigenvalue weighted by Gasteiger charge is 2.14. The number of benzene rings is 3. The number of fused-ring (bicyclic) bond motifs is 1. The fourth-order valence-corrected chi connectivity index (χ4v) is 2.52. The maximum atomic E-state index is 12.2. The Morgan fingerprint density at radius 3 is 2.46 bits per heavy atom. The van der Waals surface area contributed by atoms with Crippen LogP contribution in [0.4, 0.5) is 5.69 Å². The van der Waals surface area contributed by atoms with Gasteiger partial charge in [-0.2, -0.15) is 5.10 Å². The molecule has 0 aromatic heterocycles. The molecule has 0 heterocycles. The lowest BCUT2D eigenvalue weighted by molar-refractivity contribution is -0.127. The minimum atomic E-state index is -0.667. The van der Waals surface area contributed by atoms with Crippen molar-refractivity contribution in [3.05, 3.63) is 72.3 Å². The van der Waals surface area contributed by atoms with E-state index in [0.29, 0.717) is 17.1 Å². The molecule has 0 spiro atoms. The van der Waals surface area contributed by atoms with Crippen molar-refractivity contribution in [3.8, 4) is 5.75 Å². The van der Waals surface area contributed by atoms with Crippen LogP contribution in [-0.4, -0.2) is 17.7 Å². The van der Waals surface area contributed by atoms with Crippen LogP contribution in [0.2, 0.25) is 0 Å². The topological polar surface area (TPSA) is 76.7 Å². The summed E-state index contributed by atoms with van der Waals surface area (Å²) >= 11 is 0. The first kappa shape index (κ1) is 17.5. The van der Waals surface area contributed by atoms with Crippen LogP contribution in [0.25, 0.3) is 10.8 Å².